The van der Waals surface area contributed by atoms with Crippen molar-refractivity contribution >= 4 is 35.3 Å². The smallest absolute Gasteiger partial charge is 0.264 e. The highest BCUT2D eigenvalue weighted by molar-refractivity contribution is 8.04. The van der Waals surface area contributed by atoms with Gasteiger partial charge in [0, 0.05) is 37.1 Å². The Balaban J connectivity index is 1.39. The minimum Gasteiger partial charge on any atom is -0.497 e. The lowest BCUT2D eigenvalue weighted by atomic mass is 10.1. The van der Waals surface area contributed by atoms with E-state index in [1.165, 1.54) is 11.8 Å². The predicted octanol–water partition coefficient (Wildman–Crippen LogP) is 3.26. The Morgan fingerprint density at radius 1 is 1.18 bits per heavy atom. The van der Waals surface area contributed by atoms with Crippen LogP contribution in [0.5, 0.6) is 5.75 Å². The van der Waals surface area contributed by atoms with Crippen LogP contribution >= 0.6 is 11.8 Å². The van der Waals surface area contributed by atoms with Crippen LogP contribution in [-0.2, 0) is 9.53 Å². The van der Waals surface area contributed by atoms with Gasteiger partial charge in [0.2, 0.25) is 0 Å². The van der Waals surface area contributed by atoms with Crippen molar-refractivity contribution in [1.29, 1.82) is 0 Å². The van der Waals surface area contributed by atoms with Gasteiger partial charge in [-0.15, -0.1) is 0 Å². The van der Waals surface area contributed by atoms with E-state index in [9.17, 15) is 9.59 Å². The molecule has 0 unspecified atom stereocenters. The van der Waals surface area contributed by atoms with Crippen molar-refractivity contribution in [3.8, 4) is 5.75 Å². The van der Waals surface area contributed by atoms with Crippen molar-refractivity contribution in [3.05, 3.63) is 58.5 Å². The zero-order chi connectivity index (χ0) is 23.2. The molecule has 33 heavy (non-hydrogen) atoms. The van der Waals surface area contributed by atoms with Gasteiger partial charge in [-0.2, -0.15) is 0 Å². The molecule has 4 rings (SSSR count). The third-order valence-electron chi connectivity index (χ3n) is 5.77. The number of anilines is 1. The number of rotatable bonds is 7. The number of benzene rings is 2. The van der Waals surface area contributed by atoms with Gasteiger partial charge in [-0.1, -0.05) is 23.9 Å². The van der Waals surface area contributed by atoms with E-state index in [-0.39, 0.29) is 11.8 Å². The SMILES string of the molecule is COc1ccc(/C=C2\Sc3ccc(C(=O)NCCCN4CCOCC4)cc3N(C)C2=O)cc1. The maximum atomic E-state index is 13.0. The number of hydrogen-bond donors (Lipinski definition) is 1. The number of hydrogen-bond acceptors (Lipinski definition) is 6. The summed E-state index contributed by atoms with van der Waals surface area (Å²) < 4.78 is 10.6. The number of fused-ring (bicyclic) bond motifs is 1. The van der Waals surface area contributed by atoms with Crippen LogP contribution in [0.15, 0.2) is 52.3 Å². The fraction of sp³-hybridized carbons (Fsp3) is 0.360. The number of morpholine rings is 1. The highest BCUT2D eigenvalue weighted by Crippen LogP contribution is 2.42. The molecule has 0 aromatic heterocycles. The molecule has 0 saturated carbocycles. The lowest BCUT2D eigenvalue weighted by molar-refractivity contribution is -0.114. The Morgan fingerprint density at radius 3 is 2.67 bits per heavy atom. The average molecular weight is 468 g/mol. The molecule has 1 fully saturated rings. The molecule has 1 saturated heterocycles. The number of carbonyl (C=O) groups excluding carboxylic acids is 2. The number of amides is 2. The Morgan fingerprint density at radius 2 is 1.94 bits per heavy atom. The summed E-state index contributed by atoms with van der Waals surface area (Å²) in [5.41, 5.74) is 2.23. The zero-order valence-corrected chi connectivity index (χ0v) is 19.8. The third kappa shape index (κ3) is 5.76. The molecule has 7 nitrogen and oxygen atoms in total. The van der Waals surface area contributed by atoms with Crippen molar-refractivity contribution in [2.24, 2.45) is 0 Å². The molecule has 1 N–H and O–H groups in total. The van der Waals surface area contributed by atoms with Crippen molar-refractivity contribution < 1.29 is 19.1 Å². The maximum Gasteiger partial charge on any atom is 0.264 e. The van der Waals surface area contributed by atoms with Crippen LogP contribution in [0.2, 0.25) is 0 Å². The Bertz CT molecular complexity index is 1030. The van der Waals surface area contributed by atoms with E-state index in [0.29, 0.717) is 17.0 Å². The van der Waals surface area contributed by atoms with Gasteiger partial charge in [-0.3, -0.25) is 14.5 Å². The van der Waals surface area contributed by atoms with Crippen molar-refractivity contribution in [1.82, 2.24) is 10.2 Å². The van der Waals surface area contributed by atoms with Crippen LogP contribution in [0.4, 0.5) is 5.69 Å². The summed E-state index contributed by atoms with van der Waals surface area (Å²) in [6.07, 6.45) is 2.77. The Labute approximate surface area is 198 Å². The molecule has 2 aliphatic rings. The summed E-state index contributed by atoms with van der Waals surface area (Å²) >= 11 is 1.42. The minimum absolute atomic E-state index is 0.0913. The van der Waals surface area contributed by atoms with Gasteiger partial charge in [0.05, 0.1) is 30.9 Å². The zero-order valence-electron chi connectivity index (χ0n) is 19.0. The first-order valence-electron chi connectivity index (χ1n) is 11.1. The second-order valence-electron chi connectivity index (χ2n) is 7.99. The molecule has 2 aliphatic heterocycles. The van der Waals surface area contributed by atoms with Crippen molar-refractivity contribution in [2.75, 3.05) is 58.5 Å². The summed E-state index contributed by atoms with van der Waals surface area (Å²) in [7, 11) is 3.37. The fourth-order valence-electron chi connectivity index (χ4n) is 3.82. The van der Waals surface area contributed by atoms with Crippen LogP contribution < -0.4 is 15.0 Å². The Kier molecular flexibility index (Phi) is 7.69. The maximum absolute atomic E-state index is 13.0. The molecule has 174 valence electrons. The first-order valence-corrected chi connectivity index (χ1v) is 11.9. The normalized spacial score (nSPS) is 17.7. The van der Waals surface area contributed by atoms with Crippen LogP contribution in [-0.4, -0.2) is 70.3 Å². The summed E-state index contributed by atoms with van der Waals surface area (Å²) in [6.45, 7) is 5.03. The monoisotopic (exact) mass is 467 g/mol. The summed E-state index contributed by atoms with van der Waals surface area (Å²) in [5, 5.41) is 2.99. The second kappa shape index (κ2) is 10.9. The summed E-state index contributed by atoms with van der Waals surface area (Å²) in [4.78, 5) is 31.1. The molecule has 0 spiro atoms. The largest absolute Gasteiger partial charge is 0.497 e. The molecule has 2 amide bonds. The number of thioether (sulfide) groups is 1. The molecular weight excluding hydrogens is 438 g/mol. The topological polar surface area (TPSA) is 71.1 Å². The highest BCUT2D eigenvalue weighted by atomic mass is 32.2. The van der Waals surface area contributed by atoms with Gasteiger partial charge in [0.15, 0.2) is 0 Å². The van der Waals surface area contributed by atoms with Crippen LogP contribution in [0.25, 0.3) is 6.08 Å². The average Bonchev–Trinajstić information content (AvgIpc) is 2.86. The third-order valence-corrected chi connectivity index (χ3v) is 6.85. The van der Waals surface area contributed by atoms with Crippen molar-refractivity contribution in [3.63, 3.8) is 0 Å². The van der Waals surface area contributed by atoms with E-state index in [0.717, 1.165) is 61.2 Å². The Hall–Kier alpha value is -2.81. The number of ether oxygens (including phenoxy) is 2. The van der Waals surface area contributed by atoms with E-state index < -0.39 is 0 Å². The number of nitrogens with zero attached hydrogens (tertiary/aromatic N) is 2. The van der Waals surface area contributed by atoms with Crippen LogP contribution in [0.1, 0.15) is 22.3 Å². The van der Waals surface area contributed by atoms with Crippen LogP contribution in [0, 0.1) is 0 Å². The molecular formula is C25H29N3O4S. The van der Waals surface area contributed by atoms with Gasteiger partial charge < -0.3 is 19.7 Å². The fourth-order valence-corrected chi connectivity index (χ4v) is 4.91. The first kappa shape index (κ1) is 23.4. The van der Waals surface area contributed by atoms with Gasteiger partial charge in [0.25, 0.3) is 11.8 Å². The number of likely N-dealkylation sites (N-methyl/N-ethyl adjacent to an activating group) is 1. The quantitative estimate of drug-likeness (QED) is 0.498. The molecule has 2 aromatic rings. The number of carbonyl (C=O) groups is 2. The first-order chi connectivity index (χ1) is 16.0. The van der Waals surface area contributed by atoms with Crippen LogP contribution in [0.3, 0.4) is 0 Å². The molecule has 8 heteroatoms. The molecule has 0 atom stereocenters. The van der Waals surface area contributed by atoms with Crippen molar-refractivity contribution in [2.45, 2.75) is 11.3 Å². The van der Waals surface area contributed by atoms with Gasteiger partial charge in [-0.25, -0.2) is 0 Å². The molecule has 0 aliphatic carbocycles. The predicted molar refractivity (Wildman–Crippen MR) is 131 cm³/mol. The lowest BCUT2D eigenvalue weighted by Crippen LogP contribution is -2.38. The van der Waals surface area contributed by atoms with E-state index in [1.807, 2.05) is 42.5 Å². The van der Waals surface area contributed by atoms with Gasteiger partial charge in [0.1, 0.15) is 5.75 Å². The van der Waals surface area contributed by atoms with E-state index >= 15 is 0 Å². The van der Waals surface area contributed by atoms with E-state index in [2.05, 4.69) is 10.2 Å². The molecule has 2 aromatic carbocycles. The number of methoxy groups -OCH3 is 1. The summed E-state index contributed by atoms with van der Waals surface area (Å²) in [6, 6.07) is 13.1. The number of nitrogens with one attached hydrogen (secondary N) is 1. The van der Waals surface area contributed by atoms with E-state index in [1.54, 1.807) is 25.1 Å². The molecule has 0 bridgehead atoms. The molecule has 2 heterocycles. The lowest BCUT2D eigenvalue weighted by Gasteiger charge is -2.27. The molecule has 0 radical (unpaired) electrons. The van der Waals surface area contributed by atoms with E-state index in [4.69, 9.17) is 9.47 Å². The van der Waals surface area contributed by atoms with Gasteiger partial charge in [-0.05, 0) is 54.9 Å². The standard InChI is InChI=1S/C25H29N3O4S/c1-27-21-17-19(24(29)26-10-3-11-28-12-14-32-15-13-28)6-9-22(21)33-23(25(27)30)16-18-4-7-20(31-2)8-5-18/h4-9,16-17H,3,10-15H2,1-2H3,(H,26,29)/b23-16-. The van der Waals surface area contributed by atoms with Gasteiger partial charge >= 0.3 is 0 Å². The second-order valence-corrected chi connectivity index (χ2v) is 9.08. The summed E-state index contributed by atoms with van der Waals surface area (Å²) in [5.74, 6) is 0.561. The highest BCUT2D eigenvalue weighted by Gasteiger charge is 2.27. The minimum atomic E-state index is -0.120.